The van der Waals surface area contributed by atoms with Crippen molar-refractivity contribution in [3.05, 3.63) is 41.6 Å². The van der Waals surface area contributed by atoms with Crippen molar-refractivity contribution >= 4 is 11.5 Å². The van der Waals surface area contributed by atoms with Crippen molar-refractivity contribution in [3.63, 3.8) is 0 Å². The van der Waals surface area contributed by atoms with Crippen LogP contribution in [0.25, 0.3) is 0 Å². The van der Waals surface area contributed by atoms with Gasteiger partial charge in [0, 0.05) is 17.7 Å². The Balaban J connectivity index is 1.96. The number of nitrogens with zero attached hydrogens (tertiary/aromatic N) is 1. The minimum atomic E-state index is 0.204. The molecule has 1 aromatic rings. The highest BCUT2D eigenvalue weighted by Gasteiger charge is 2.40. The molecule has 2 atom stereocenters. The van der Waals surface area contributed by atoms with Crippen molar-refractivity contribution < 1.29 is 4.79 Å². The summed E-state index contributed by atoms with van der Waals surface area (Å²) < 4.78 is 0. The van der Waals surface area contributed by atoms with Gasteiger partial charge < -0.3 is 5.43 Å². The molecule has 3 rings (SSSR count). The monoisotopic (exact) mass is 270 g/mol. The molecule has 3 heteroatoms. The zero-order valence-electron chi connectivity index (χ0n) is 12.2. The fourth-order valence-corrected chi connectivity index (χ4v) is 3.36. The minimum Gasteiger partial charge on any atom is -0.301 e. The molecule has 2 aliphatic rings. The summed E-state index contributed by atoms with van der Waals surface area (Å²) in [6, 6.07) is 10.5. The van der Waals surface area contributed by atoms with E-state index in [0.29, 0.717) is 18.1 Å². The SMILES string of the molecule is CCCC1=C2C(=O)CC(C)CC2N(c2ccccc2)N1. The molecule has 0 saturated heterocycles. The van der Waals surface area contributed by atoms with Gasteiger partial charge in [-0.3, -0.25) is 9.80 Å². The van der Waals surface area contributed by atoms with Crippen molar-refractivity contribution in [2.75, 3.05) is 5.01 Å². The number of hydrazine groups is 1. The van der Waals surface area contributed by atoms with E-state index in [4.69, 9.17) is 0 Å². The largest absolute Gasteiger partial charge is 0.301 e. The second-order valence-electron chi connectivity index (χ2n) is 5.94. The van der Waals surface area contributed by atoms with Gasteiger partial charge in [0.2, 0.25) is 0 Å². The maximum Gasteiger partial charge on any atom is 0.163 e. The summed E-state index contributed by atoms with van der Waals surface area (Å²) in [7, 11) is 0. The van der Waals surface area contributed by atoms with Gasteiger partial charge in [0.25, 0.3) is 0 Å². The van der Waals surface area contributed by atoms with E-state index in [9.17, 15) is 4.79 Å². The van der Waals surface area contributed by atoms with Crippen molar-refractivity contribution in [3.8, 4) is 0 Å². The number of Topliss-reactive ketones (excluding diaryl/α,β-unsaturated/α-hetero) is 1. The van der Waals surface area contributed by atoms with Crippen LogP contribution in [-0.2, 0) is 4.79 Å². The summed E-state index contributed by atoms with van der Waals surface area (Å²) in [5.41, 5.74) is 6.81. The Morgan fingerprint density at radius 2 is 2.05 bits per heavy atom. The van der Waals surface area contributed by atoms with Gasteiger partial charge in [-0.15, -0.1) is 0 Å². The second-order valence-corrected chi connectivity index (χ2v) is 5.94. The molecule has 1 aliphatic carbocycles. The number of carbonyl (C=O) groups excluding carboxylic acids is 1. The minimum absolute atomic E-state index is 0.204. The summed E-state index contributed by atoms with van der Waals surface area (Å²) in [4.78, 5) is 12.4. The predicted molar refractivity (Wildman–Crippen MR) is 81.2 cm³/mol. The molecule has 20 heavy (non-hydrogen) atoms. The standard InChI is InChI=1S/C17H22N2O/c1-3-7-14-17-15(10-12(2)11-16(17)20)19(18-14)13-8-5-4-6-9-13/h4-6,8-9,12,15,18H,3,7,10-11H2,1-2H3. The van der Waals surface area contributed by atoms with Crippen molar-refractivity contribution in [2.45, 2.75) is 45.6 Å². The number of anilines is 1. The van der Waals surface area contributed by atoms with Crippen LogP contribution in [0.2, 0.25) is 0 Å². The van der Waals surface area contributed by atoms with Crippen LogP contribution < -0.4 is 10.4 Å². The van der Waals surface area contributed by atoms with Gasteiger partial charge in [-0.25, -0.2) is 0 Å². The number of nitrogens with one attached hydrogen (secondary N) is 1. The molecule has 0 spiro atoms. The zero-order chi connectivity index (χ0) is 14.1. The lowest BCUT2D eigenvalue weighted by atomic mass is 9.81. The molecule has 106 valence electrons. The van der Waals surface area contributed by atoms with E-state index in [1.807, 2.05) is 18.2 Å². The predicted octanol–water partition coefficient (Wildman–Crippen LogP) is 3.43. The van der Waals surface area contributed by atoms with Crippen LogP contribution in [0.1, 0.15) is 39.5 Å². The molecule has 1 fully saturated rings. The molecule has 3 nitrogen and oxygen atoms in total. The smallest absolute Gasteiger partial charge is 0.163 e. The van der Waals surface area contributed by atoms with Gasteiger partial charge in [0.15, 0.2) is 5.78 Å². The Morgan fingerprint density at radius 1 is 1.30 bits per heavy atom. The van der Waals surface area contributed by atoms with Gasteiger partial charge in [-0.1, -0.05) is 38.5 Å². The lowest BCUT2D eigenvalue weighted by Gasteiger charge is -2.32. The van der Waals surface area contributed by atoms with Crippen LogP contribution in [0, 0.1) is 5.92 Å². The first-order valence-corrected chi connectivity index (χ1v) is 7.58. The Hall–Kier alpha value is -1.77. The van der Waals surface area contributed by atoms with E-state index in [2.05, 4.69) is 36.4 Å². The molecular weight excluding hydrogens is 248 g/mol. The third kappa shape index (κ3) is 2.21. The number of hydrogen-bond acceptors (Lipinski definition) is 3. The van der Waals surface area contributed by atoms with E-state index in [-0.39, 0.29) is 6.04 Å². The molecule has 1 aromatic carbocycles. The van der Waals surface area contributed by atoms with E-state index >= 15 is 0 Å². The average molecular weight is 270 g/mol. The Kier molecular flexibility index (Phi) is 3.51. The van der Waals surface area contributed by atoms with Crippen molar-refractivity contribution in [1.29, 1.82) is 0 Å². The van der Waals surface area contributed by atoms with E-state index < -0.39 is 0 Å². The molecule has 1 aliphatic heterocycles. The summed E-state index contributed by atoms with van der Waals surface area (Å²) in [5, 5.41) is 2.19. The third-order valence-corrected chi connectivity index (χ3v) is 4.22. The summed E-state index contributed by atoms with van der Waals surface area (Å²) in [6.07, 6.45) is 3.76. The summed E-state index contributed by atoms with van der Waals surface area (Å²) in [5.74, 6) is 0.799. The summed E-state index contributed by atoms with van der Waals surface area (Å²) in [6.45, 7) is 4.33. The van der Waals surface area contributed by atoms with Gasteiger partial charge >= 0.3 is 0 Å². The first kappa shape index (κ1) is 13.2. The van der Waals surface area contributed by atoms with Crippen LogP contribution in [0.15, 0.2) is 41.6 Å². The van der Waals surface area contributed by atoms with Crippen LogP contribution in [-0.4, -0.2) is 11.8 Å². The number of ketones is 1. The third-order valence-electron chi connectivity index (χ3n) is 4.22. The fourth-order valence-electron chi connectivity index (χ4n) is 3.36. The highest BCUT2D eigenvalue weighted by molar-refractivity contribution is 5.99. The number of para-hydroxylation sites is 1. The Morgan fingerprint density at radius 3 is 2.75 bits per heavy atom. The molecule has 2 unspecified atom stereocenters. The summed E-state index contributed by atoms with van der Waals surface area (Å²) >= 11 is 0. The van der Waals surface area contributed by atoms with Gasteiger partial charge in [0.1, 0.15) is 0 Å². The van der Waals surface area contributed by atoms with Crippen LogP contribution in [0.5, 0.6) is 0 Å². The highest BCUT2D eigenvalue weighted by Crippen LogP contribution is 2.37. The van der Waals surface area contributed by atoms with Gasteiger partial charge in [-0.05, 0) is 30.9 Å². The van der Waals surface area contributed by atoms with Gasteiger partial charge in [-0.2, -0.15) is 0 Å². The fraction of sp³-hybridized carbons (Fsp3) is 0.471. The zero-order valence-corrected chi connectivity index (χ0v) is 12.2. The molecule has 1 saturated carbocycles. The van der Waals surface area contributed by atoms with Gasteiger partial charge in [0.05, 0.1) is 11.7 Å². The van der Waals surface area contributed by atoms with E-state index in [1.165, 1.54) is 0 Å². The van der Waals surface area contributed by atoms with Crippen LogP contribution in [0.4, 0.5) is 5.69 Å². The number of hydrogen-bond donors (Lipinski definition) is 1. The molecule has 0 amide bonds. The molecule has 1 heterocycles. The number of fused-ring (bicyclic) bond motifs is 1. The molecule has 0 bridgehead atoms. The quantitative estimate of drug-likeness (QED) is 0.913. The number of benzene rings is 1. The lowest BCUT2D eigenvalue weighted by Crippen LogP contribution is -2.43. The molecule has 0 aromatic heterocycles. The number of rotatable bonds is 3. The normalized spacial score (nSPS) is 25.7. The van der Waals surface area contributed by atoms with E-state index in [0.717, 1.165) is 36.2 Å². The van der Waals surface area contributed by atoms with E-state index in [1.54, 1.807) is 0 Å². The Labute approximate surface area is 120 Å². The molecule has 0 radical (unpaired) electrons. The number of carbonyl (C=O) groups is 1. The van der Waals surface area contributed by atoms with Crippen molar-refractivity contribution in [1.82, 2.24) is 5.43 Å². The molecular formula is C17H22N2O. The van der Waals surface area contributed by atoms with Crippen LogP contribution in [0.3, 0.4) is 0 Å². The maximum atomic E-state index is 12.4. The highest BCUT2D eigenvalue weighted by atomic mass is 16.1. The van der Waals surface area contributed by atoms with Crippen molar-refractivity contribution in [2.24, 2.45) is 5.92 Å². The topological polar surface area (TPSA) is 32.3 Å². The maximum absolute atomic E-state index is 12.4. The second kappa shape index (κ2) is 5.31. The molecule has 1 N–H and O–H groups in total. The van der Waals surface area contributed by atoms with Crippen LogP contribution >= 0.6 is 0 Å². The Bertz CT molecular complexity index is 535. The first-order valence-electron chi connectivity index (χ1n) is 7.58. The number of allylic oxidation sites excluding steroid dienone is 1. The lowest BCUT2D eigenvalue weighted by molar-refractivity contribution is -0.117. The average Bonchev–Trinajstić information content (AvgIpc) is 2.79. The first-order chi connectivity index (χ1) is 9.70.